The molecule has 0 saturated carbocycles. The Morgan fingerprint density at radius 2 is 2.19 bits per heavy atom. The van der Waals surface area contributed by atoms with Crippen LogP contribution in [0.25, 0.3) is 6.08 Å². The van der Waals surface area contributed by atoms with Crippen molar-refractivity contribution < 1.29 is 9.53 Å². The number of aryl methyl sites for hydroxylation is 1. The maximum Gasteiger partial charge on any atom is 0.330 e. The summed E-state index contributed by atoms with van der Waals surface area (Å²) in [4.78, 5) is 11.1. The number of anilines is 1. The first-order valence-electron chi connectivity index (χ1n) is 5.40. The van der Waals surface area contributed by atoms with E-state index in [9.17, 15) is 4.79 Å². The lowest BCUT2D eigenvalue weighted by Gasteiger charge is -2.04. The van der Waals surface area contributed by atoms with Gasteiger partial charge in [-0.3, -0.25) is 0 Å². The number of carbonyl (C=O) groups is 1. The molecule has 0 aliphatic rings. The molecule has 0 aliphatic heterocycles. The zero-order valence-corrected chi connectivity index (χ0v) is 9.69. The van der Waals surface area contributed by atoms with E-state index >= 15 is 0 Å². The lowest BCUT2D eigenvalue weighted by molar-refractivity contribution is -0.137. The van der Waals surface area contributed by atoms with E-state index in [1.165, 1.54) is 6.08 Å². The van der Waals surface area contributed by atoms with Crippen LogP contribution in [0.5, 0.6) is 0 Å². The Bertz CT molecular complexity index is 397. The zero-order valence-electron chi connectivity index (χ0n) is 9.69. The molecule has 0 heterocycles. The van der Waals surface area contributed by atoms with Crippen molar-refractivity contribution in [1.82, 2.24) is 0 Å². The Hall–Kier alpha value is -1.77. The highest BCUT2D eigenvalue weighted by atomic mass is 16.5. The van der Waals surface area contributed by atoms with Gasteiger partial charge < -0.3 is 10.5 Å². The largest absolute Gasteiger partial charge is 0.463 e. The number of benzene rings is 1. The van der Waals surface area contributed by atoms with Gasteiger partial charge in [-0.05, 0) is 42.7 Å². The summed E-state index contributed by atoms with van der Waals surface area (Å²) in [5, 5.41) is 0. The number of hydrogen-bond donors (Lipinski definition) is 1. The van der Waals surface area contributed by atoms with Crippen LogP contribution in [0.15, 0.2) is 24.3 Å². The summed E-state index contributed by atoms with van der Waals surface area (Å²) in [6.45, 7) is 4.23. The Balaban J connectivity index is 2.84. The summed E-state index contributed by atoms with van der Waals surface area (Å²) in [5.74, 6) is -0.318. The molecular weight excluding hydrogens is 202 g/mol. The molecule has 0 aromatic heterocycles. The van der Waals surface area contributed by atoms with Crippen LogP contribution < -0.4 is 5.73 Å². The molecule has 0 atom stereocenters. The molecule has 0 bridgehead atoms. The van der Waals surface area contributed by atoms with Gasteiger partial charge >= 0.3 is 5.97 Å². The molecule has 1 aromatic rings. The minimum Gasteiger partial charge on any atom is -0.463 e. The third-order valence-electron chi connectivity index (χ3n) is 2.23. The van der Waals surface area contributed by atoms with Crippen molar-refractivity contribution in [3.8, 4) is 0 Å². The number of ether oxygens (including phenoxy) is 1. The normalized spacial score (nSPS) is 10.6. The highest BCUT2D eigenvalue weighted by Crippen LogP contribution is 2.15. The van der Waals surface area contributed by atoms with E-state index in [4.69, 9.17) is 10.5 Å². The van der Waals surface area contributed by atoms with Crippen molar-refractivity contribution in [2.24, 2.45) is 0 Å². The molecule has 0 spiro atoms. The molecule has 1 aromatic carbocycles. The molecule has 3 heteroatoms. The Kier molecular flexibility index (Phi) is 4.58. The predicted molar refractivity (Wildman–Crippen MR) is 65.9 cm³/mol. The zero-order chi connectivity index (χ0) is 12.0. The van der Waals surface area contributed by atoms with Crippen LogP contribution in [0.4, 0.5) is 5.69 Å². The van der Waals surface area contributed by atoms with E-state index in [1.54, 1.807) is 13.0 Å². The predicted octanol–water partition coefficient (Wildman–Crippen LogP) is 2.41. The monoisotopic (exact) mass is 219 g/mol. The Labute approximate surface area is 95.9 Å². The average molecular weight is 219 g/mol. The Morgan fingerprint density at radius 3 is 2.81 bits per heavy atom. The third kappa shape index (κ3) is 3.42. The number of hydrogen-bond acceptors (Lipinski definition) is 3. The first kappa shape index (κ1) is 12.3. The minimum absolute atomic E-state index is 0.318. The van der Waals surface area contributed by atoms with Gasteiger partial charge in [0.15, 0.2) is 0 Å². The van der Waals surface area contributed by atoms with E-state index in [-0.39, 0.29) is 5.97 Å². The highest BCUT2D eigenvalue weighted by molar-refractivity contribution is 5.87. The summed E-state index contributed by atoms with van der Waals surface area (Å²) >= 11 is 0. The standard InChI is InChI=1S/C13H17NO2/c1-3-10-9-12(14)7-5-11(10)6-8-13(15)16-4-2/h5-9H,3-4,14H2,1-2H3. The van der Waals surface area contributed by atoms with Gasteiger partial charge in [0.2, 0.25) is 0 Å². The number of carbonyl (C=O) groups excluding carboxylic acids is 1. The fourth-order valence-electron chi connectivity index (χ4n) is 1.44. The summed E-state index contributed by atoms with van der Waals surface area (Å²) < 4.78 is 4.81. The van der Waals surface area contributed by atoms with E-state index in [2.05, 4.69) is 6.92 Å². The van der Waals surface area contributed by atoms with Crippen LogP contribution in [0.1, 0.15) is 25.0 Å². The second-order valence-electron chi connectivity index (χ2n) is 3.40. The van der Waals surface area contributed by atoms with Crippen molar-refractivity contribution in [1.29, 1.82) is 0 Å². The number of nitrogen functional groups attached to an aromatic ring is 1. The maximum atomic E-state index is 11.1. The molecule has 1 rings (SSSR count). The van der Waals surface area contributed by atoms with Crippen molar-refractivity contribution in [2.45, 2.75) is 20.3 Å². The molecule has 0 amide bonds. The molecule has 86 valence electrons. The van der Waals surface area contributed by atoms with E-state index in [1.807, 2.05) is 18.2 Å². The maximum absolute atomic E-state index is 11.1. The van der Waals surface area contributed by atoms with Gasteiger partial charge in [0.05, 0.1) is 6.61 Å². The average Bonchev–Trinajstić information content (AvgIpc) is 2.27. The van der Waals surface area contributed by atoms with E-state index in [0.717, 1.165) is 23.2 Å². The molecule has 0 radical (unpaired) electrons. The molecule has 16 heavy (non-hydrogen) atoms. The van der Waals surface area contributed by atoms with Gasteiger partial charge in [-0.2, -0.15) is 0 Å². The quantitative estimate of drug-likeness (QED) is 0.480. The summed E-state index contributed by atoms with van der Waals surface area (Å²) in [7, 11) is 0. The van der Waals surface area contributed by atoms with Crippen LogP contribution in [0.2, 0.25) is 0 Å². The van der Waals surface area contributed by atoms with Crippen LogP contribution in [-0.2, 0) is 16.0 Å². The first-order valence-corrected chi connectivity index (χ1v) is 5.40. The number of rotatable bonds is 4. The molecule has 0 aliphatic carbocycles. The molecule has 0 saturated heterocycles. The van der Waals surface area contributed by atoms with Crippen molar-refractivity contribution in [2.75, 3.05) is 12.3 Å². The first-order chi connectivity index (χ1) is 7.67. The lowest BCUT2D eigenvalue weighted by atomic mass is 10.0. The lowest BCUT2D eigenvalue weighted by Crippen LogP contribution is -1.99. The molecule has 2 N–H and O–H groups in total. The third-order valence-corrected chi connectivity index (χ3v) is 2.23. The second kappa shape index (κ2) is 5.95. The minimum atomic E-state index is -0.318. The van der Waals surface area contributed by atoms with Gasteiger partial charge in [-0.25, -0.2) is 4.79 Å². The van der Waals surface area contributed by atoms with Gasteiger partial charge in [-0.1, -0.05) is 13.0 Å². The fourth-order valence-corrected chi connectivity index (χ4v) is 1.44. The summed E-state index contributed by atoms with van der Waals surface area (Å²) in [6, 6.07) is 5.65. The van der Waals surface area contributed by atoms with E-state index in [0.29, 0.717) is 6.61 Å². The molecule has 0 fully saturated rings. The smallest absolute Gasteiger partial charge is 0.330 e. The fraction of sp³-hybridized carbons (Fsp3) is 0.308. The van der Waals surface area contributed by atoms with Crippen molar-refractivity contribution in [3.05, 3.63) is 35.4 Å². The van der Waals surface area contributed by atoms with Crippen molar-refractivity contribution >= 4 is 17.7 Å². The summed E-state index contributed by atoms with van der Waals surface area (Å²) in [6.07, 6.45) is 4.08. The van der Waals surface area contributed by atoms with Crippen molar-refractivity contribution in [3.63, 3.8) is 0 Å². The van der Waals surface area contributed by atoms with Gasteiger partial charge in [0.1, 0.15) is 0 Å². The SMILES string of the molecule is CCOC(=O)C=Cc1ccc(N)cc1CC. The number of nitrogens with two attached hydrogens (primary N) is 1. The van der Waals surface area contributed by atoms with Crippen LogP contribution in [0.3, 0.4) is 0 Å². The van der Waals surface area contributed by atoms with Crippen LogP contribution in [0, 0.1) is 0 Å². The topological polar surface area (TPSA) is 52.3 Å². The van der Waals surface area contributed by atoms with Crippen LogP contribution >= 0.6 is 0 Å². The molecule has 0 unspecified atom stereocenters. The highest BCUT2D eigenvalue weighted by Gasteiger charge is 1.99. The molecule has 3 nitrogen and oxygen atoms in total. The summed E-state index contributed by atoms with van der Waals surface area (Å²) in [5.41, 5.74) is 8.56. The van der Waals surface area contributed by atoms with E-state index < -0.39 is 0 Å². The molecular formula is C13H17NO2. The van der Waals surface area contributed by atoms with Gasteiger partial charge in [0, 0.05) is 11.8 Å². The number of esters is 1. The Morgan fingerprint density at radius 1 is 1.44 bits per heavy atom. The second-order valence-corrected chi connectivity index (χ2v) is 3.40. The van der Waals surface area contributed by atoms with Gasteiger partial charge in [0.25, 0.3) is 0 Å². The van der Waals surface area contributed by atoms with Gasteiger partial charge in [-0.15, -0.1) is 0 Å². The van der Waals surface area contributed by atoms with Crippen LogP contribution in [-0.4, -0.2) is 12.6 Å².